The third kappa shape index (κ3) is 2.19. The van der Waals surface area contributed by atoms with Gasteiger partial charge in [0.15, 0.2) is 0 Å². The Kier molecular flexibility index (Phi) is 3.08. The van der Waals surface area contributed by atoms with E-state index in [1.165, 1.54) is 28.8 Å². The average Bonchev–Trinajstić information content (AvgIpc) is 2.86. The van der Waals surface area contributed by atoms with E-state index in [1.54, 1.807) is 0 Å². The molecular formula is C17H14BrFN2. The number of benzene rings is 2. The summed E-state index contributed by atoms with van der Waals surface area (Å²) in [7, 11) is 0. The van der Waals surface area contributed by atoms with Crippen molar-refractivity contribution in [3.63, 3.8) is 0 Å². The monoisotopic (exact) mass is 344 g/mol. The van der Waals surface area contributed by atoms with Crippen LogP contribution in [0.25, 0.3) is 10.9 Å². The lowest BCUT2D eigenvalue weighted by Crippen LogP contribution is -2.30. The summed E-state index contributed by atoms with van der Waals surface area (Å²) in [6.07, 6.45) is 1.00. The number of rotatable bonds is 1. The number of hydrogen-bond acceptors (Lipinski definition) is 1. The van der Waals surface area contributed by atoms with Gasteiger partial charge < -0.3 is 10.3 Å². The quantitative estimate of drug-likeness (QED) is 0.676. The molecule has 1 aliphatic rings. The Morgan fingerprint density at radius 3 is 2.71 bits per heavy atom. The predicted molar refractivity (Wildman–Crippen MR) is 85.9 cm³/mol. The highest BCUT2D eigenvalue weighted by molar-refractivity contribution is 9.10. The molecule has 0 saturated heterocycles. The van der Waals surface area contributed by atoms with Crippen molar-refractivity contribution in [3.8, 4) is 0 Å². The van der Waals surface area contributed by atoms with Gasteiger partial charge in [0.1, 0.15) is 5.82 Å². The number of aromatic amines is 1. The molecule has 0 aliphatic carbocycles. The molecule has 4 rings (SSSR count). The molecule has 0 amide bonds. The normalized spacial score (nSPS) is 17.9. The van der Waals surface area contributed by atoms with Crippen LogP contribution in [0.3, 0.4) is 0 Å². The van der Waals surface area contributed by atoms with Gasteiger partial charge in [-0.3, -0.25) is 0 Å². The Morgan fingerprint density at radius 2 is 1.90 bits per heavy atom. The lowest BCUT2D eigenvalue weighted by molar-refractivity contribution is 0.558. The van der Waals surface area contributed by atoms with Crippen molar-refractivity contribution in [2.45, 2.75) is 12.5 Å². The number of nitrogens with one attached hydrogen (secondary N) is 2. The van der Waals surface area contributed by atoms with Gasteiger partial charge >= 0.3 is 0 Å². The highest BCUT2D eigenvalue weighted by Gasteiger charge is 2.25. The maximum Gasteiger partial charge on any atom is 0.123 e. The van der Waals surface area contributed by atoms with Crippen molar-refractivity contribution in [3.05, 3.63) is 69.6 Å². The maximum atomic E-state index is 13.1. The minimum Gasteiger partial charge on any atom is -0.357 e. The van der Waals surface area contributed by atoms with Gasteiger partial charge in [0.25, 0.3) is 0 Å². The molecule has 1 unspecified atom stereocenters. The first-order valence-corrected chi connectivity index (χ1v) is 7.80. The van der Waals surface area contributed by atoms with Crippen LogP contribution in [-0.4, -0.2) is 11.5 Å². The molecule has 2 N–H and O–H groups in total. The average molecular weight is 345 g/mol. The molecule has 0 fully saturated rings. The Balaban J connectivity index is 1.88. The number of aromatic nitrogens is 1. The van der Waals surface area contributed by atoms with Crippen LogP contribution in [0.4, 0.5) is 4.39 Å². The molecule has 2 nitrogen and oxygen atoms in total. The van der Waals surface area contributed by atoms with Crippen molar-refractivity contribution >= 4 is 26.8 Å². The van der Waals surface area contributed by atoms with Crippen LogP contribution < -0.4 is 5.32 Å². The van der Waals surface area contributed by atoms with Gasteiger partial charge in [-0.05, 0) is 47.9 Å². The molecule has 0 radical (unpaired) electrons. The summed E-state index contributed by atoms with van der Waals surface area (Å²) < 4.78 is 14.2. The van der Waals surface area contributed by atoms with E-state index in [0.717, 1.165) is 28.5 Å². The van der Waals surface area contributed by atoms with Crippen LogP contribution in [0.1, 0.15) is 22.9 Å². The first kappa shape index (κ1) is 13.0. The summed E-state index contributed by atoms with van der Waals surface area (Å²) in [5.74, 6) is -0.199. The van der Waals surface area contributed by atoms with Crippen molar-refractivity contribution in [1.82, 2.24) is 10.3 Å². The zero-order valence-electron chi connectivity index (χ0n) is 11.3. The summed E-state index contributed by atoms with van der Waals surface area (Å²) in [5, 5.41) is 4.79. The first-order chi connectivity index (χ1) is 10.2. The van der Waals surface area contributed by atoms with E-state index < -0.39 is 0 Å². The summed E-state index contributed by atoms with van der Waals surface area (Å²) in [4.78, 5) is 3.53. The predicted octanol–water partition coefficient (Wildman–Crippen LogP) is 4.30. The molecule has 106 valence electrons. The van der Waals surface area contributed by atoms with E-state index in [9.17, 15) is 4.39 Å². The van der Waals surface area contributed by atoms with Gasteiger partial charge in [-0.15, -0.1) is 0 Å². The Labute approximate surface area is 130 Å². The van der Waals surface area contributed by atoms with Crippen LogP contribution in [0.15, 0.2) is 46.9 Å². The molecule has 0 saturated carbocycles. The Bertz CT molecular complexity index is 808. The van der Waals surface area contributed by atoms with E-state index in [-0.39, 0.29) is 11.9 Å². The van der Waals surface area contributed by atoms with Gasteiger partial charge in [-0.2, -0.15) is 0 Å². The second-order valence-corrected chi connectivity index (χ2v) is 6.31. The zero-order chi connectivity index (χ0) is 14.4. The van der Waals surface area contributed by atoms with Crippen molar-refractivity contribution in [1.29, 1.82) is 0 Å². The SMILES string of the molecule is Fc1ccc(C2NCCc3c2[nH]c2ccc(Br)cc32)cc1. The summed E-state index contributed by atoms with van der Waals surface area (Å²) in [5.41, 5.74) is 4.79. The standard InChI is InChI=1S/C17H14BrFN2/c18-11-3-6-15-14(9-11)13-7-8-20-16(17(13)21-15)10-1-4-12(19)5-2-10/h1-6,9,16,20-21H,7-8H2. The van der Waals surface area contributed by atoms with Gasteiger partial charge in [-0.1, -0.05) is 28.1 Å². The van der Waals surface area contributed by atoms with Crippen LogP contribution >= 0.6 is 15.9 Å². The van der Waals surface area contributed by atoms with Crippen LogP contribution in [-0.2, 0) is 6.42 Å². The highest BCUT2D eigenvalue weighted by Crippen LogP contribution is 2.34. The molecule has 21 heavy (non-hydrogen) atoms. The van der Waals surface area contributed by atoms with Gasteiger partial charge in [-0.25, -0.2) is 4.39 Å². The van der Waals surface area contributed by atoms with Crippen LogP contribution in [0.2, 0.25) is 0 Å². The maximum absolute atomic E-state index is 13.1. The number of fused-ring (bicyclic) bond motifs is 3. The van der Waals surface area contributed by atoms with E-state index in [2.05, 4.69) is 38.4 Å². The fraction of sp³-hybridized carbons (Fsp3) is 0.176. The van der Waals surface area contributed by atoms with Gasteiger partial charge in [0.2, 0.25) is 0 Å². The molecule has 1 atom stereocenters. The van der Waals surface area contributed by atoms with E-state index in [1.807, 2.05) is 18.2 Å². The topological polar surface area (TPSA) is 27.8 Å². The van der Waals surface area contributed by atoms with Crippen LogP contribution in [0, 0.1) is 5.82 Å². The number of halogens is 2. The second kappa shape index (κ2) is 4.97. The number of hydrogen-bond donors (Lipinski definition) is 2. The summed E-state index contributed by atoms with van der Waals surface area (Å²) in [6.45, 7) is 0.925. The molecule has 1 aromatic heterocycles. The lowest BCUT2D eigenvalue weighted by Gasteiger charge is -2.24. The molecule has 2 aromatic carbocycles. The minimum absolute atomic E-state index is 0.0977. The lowest BCUT2D eigenvalue weighted by atomic mass is 9.94. The fourth-order valence-corrected chi connectivity index (χ4v) is 3.50. The molecule has 0 spiro atoms. The van der Waals surface area contributed by atoms with E-state index in [4.69, 9.17) is 0 Å². The molecule has 3 aromatic rings. The molecule has 4 heteroatoms. The molecule has 0 bridgehead atoms. The zero-order valence-corrected chi connectivity index (χ0v) is 12.9. The first-order valence-electron chi connectivity index (χ1n) is 7.01. The van der Waals surface area contributed by atoms with Crippen molar-refractivity contribution in [2.24, 2.45) is 0 Å². The second-order valence-electron chi connectivity index (χ2n) is 5.40. The van der Waals surface area contributed by atoms with E-state index in [0.29, 0.717) is 0 Å². The van der Waals surface area contributed by atoms with E-state index >= 15 is 0 Å². The van der Waals surface area contributed by atoms with Crippen LogP contribution in [0.5, 0.6) is 0 Å². The summed E-state index contributed by atoms with van der Waals surface area (Å²) >= 11 is 3.54. The van der Waals surface area contributed by atoms with Crippen molar-refractivity contribution in [2.75, 3.05) is 6.54 Å². The molecule has 2 heterocycles. The third-order valence-electron chi connectivity index (χ3n) is 4.12. The Hall–Kier alpha value is -1.65. The fourth-order valence-electron chi connectivity index (χ4n) is 3.14. The van der Waals surface area contributed by atoms with Gasteiger partial charge in [0.05, 0.1) is 6.04 Å². The largest absolute Gasteiger partial charge is 0.357 e. The Morgan fingerprint density at radius 1 is 1.10 bits per heavy atom. The third-order valence-corrected chi connectivity index (χ3v) is 4.61. The summed E-state index contributed by atoms with van der Waals surface area (Å²) in [6, 6.07) is 13.1. The number of H-pyrrole nitrogens is 1. The highest BCUT2D eigenvalue weighted by atomic mass is 79.9. The van der Waals surface area contributed by atoms with Crippen molar-refractivity contribution < 1.29 is 4.39 Å². The smallest absolute Gasteiger partial charge is 0.123 e. The van der Waals surface area contributed by atoms with Gasteiger partial charge in [0, 0.05) is 27.6 Å². The minimum atomic E-state index is -0.199. The molecule has 1 aliphatic heterocycles. The molecular weight excluding hydrogens is 331 g/mol.